The van der Waals surface area contributed by atoms with Crippen LogP contribution in [0.15, 0.2) is 36.5 Å². The topological polar surface area (TPSA) is 63.7 Å². The molecule has 0 saturated carbocycles. The van der Waals surface area contributed by atoms with E-state index in [0.717, 1.165) is 31.9 Å². The standard InChI is InChI=1S/C21H26ClN3O3/c1-14(2)28-21-19(22)12-17(13-23-21)20(26)24-15(3)16-4-6-18(7-5-16)25-8-10-27-11-9-25/h4-7,12-15H,8-11H2,1-3H3,(H,24,26). The van der Waals surface area contributed by atoms with E-state index in [-0.39, 0.29) is 18.1 Å². The summed E-state index contributed by atoms with van der Waals surface area (Å²) in [4.78, 5) is 19.0. The minimum atomic E-state index is -0.227. The highest BCUT2D eigenvalue weighted by Gasteiger charge is 2.16. The van der Waals surface area contributed by atoms with Crippen molar-refractivity contribution >= 4 is 23.2 Å². The van der Waals surface area contributed by atoms with Crippen molar-refractivity contribution in [2.45, 2.75) is 32.9 Å². The third-order valence-corrected chi connectivity index (χ3v) is 4.80. The van der Waals surface area contributed by atoms with Gasteiger partial charge in [-0.15, -0.1) is 0 Å². The third-order valence-electron chi connectivity index (χ3n) is 4.53. The van der Waals surface area contributed by atoms with Gasteiger partial charge in [0.25, 0.3) is 5.91 Å². The first-order chi connectivity index (χ1) is 13.4. The number of halogens is 1. The summed E-state index contributed by atoms with van der Waals surface area (Å²) in [5.41, 5.74) is 2.60. The monoisotopic (exact) mass is 403 g/mol. The molecule has 7 heteroatoms. The van der Waals surface area contributed by atoms with Crippen molar-refractivity contribution in [2.75, 3.05) is 31.2 Å². The van der Waals surface area contributed by atoms with Crippen LogP contribution in [0.1, 0.15) is 42.7 Å². The summed E-state index contributed by atoms with van der Waals surface area (Å²) in [7, 11) is 0. The Hall–Kier alpha value is -2.31. The van der Waals surface area contributed by atoms with Crippen molar-refractivity contribution in [2.24, 2.45) is 0 Å². The molecule has 0 radical (unpaired) electrons. The number of pyridine rings is 1. The van der Waals surface area contributed by atoms with E-state index in [2.05, 4.69) is 27.3 Å². The number of carbonyl (C=O) groups is 1. The molecule has 1 unspecified atom stereocenters. The smallest absolute Gasteiger partial charge is 0.253 e. The van der Waals surface area contributed by atoms with Crippen LogP contribution in [0.5, 0.6) is 5.88 Å². The Morgan fingerprint density at radius 1 is 1.21 bits per heavy atom. The maximum Gasteiger partial charge on any atom is 0.253 e. The van der Waals surface area contributed by atoms with E-state index in [1.54, 1.807) is 6.07 Å². The Labute approximate surface area is 170 Å². The van der Waals surface area contributed by atoms with Crippen LogP contribution in [0, 0.1) is 0 Å². The molecule has 1 fully saturated rings. The van der Waals surface area contributed by atoms with Crippen molar-refractivity contribution in [1.82, 2.24) is 10.3 Å². The molecule has 2 aromatic rings. The van der Waals surface area contributed by atoms with Crippen LogP contribution in [0.25, 0.3) is 0 Å². The SMILES string of the molecule is CC(C)Oc1ncc(C(=O)NC(C)c2ccc(N3CCOCC3)cc2)cc1Cl. The molecule has 0 spiro atoms. The number of nitrogens with one attached hydrogen (secondary N) is 1. The van der Waals surface area contributed by atoms with Crippen molar-refractivity contribution in [3.8, 4) is 5.88 Å². The quantitative estimate of drug-likeness (QED) is 0.793. The molecular weight excluding hydrogens is 378 g/mol. The van der Waals surface area contributed by atoms with Gasteiger partial charge in [0, 0.05) is 25.0 Å². The average molecular weight is 404 g/mol. The van der Waals surface area contributed by atoms with E-state index in [1.807, 2.05) is 32.9 Å². The summed E-state index contributed by atoms with van der Waals surface area (Å²) in [5.74, 6) is 0.107. The van der Waals surface area contributed by atoms with Gasteiger partial charge in [0.15, 0.2) is 0 Å². The number of ether oxygens (including phenoxy) is 2. The number of rotatable bonds is 6. The van der Waals surface area contributed by atoms with Gasteiger partial charge < -0.3 is 19.7 Å². The first-order valence-electron chi connectivity index (χ1n) is 9.49. The van der Waals surface area contributed by atoms with Crippen molar-refractivity contribution < 1.29 is 14.3 Å². The van der Waals surface area contributed by atoms with Gasteiger partial charge in [0.05, 0.1) is 30.9 Å². The third kappa shape index (κ3) is 5.14. The van der Waals surface area contributed by atoms with E-state index < -0.39 is 0 Å². The first kappa shape index (κ1) is 20.4. The zero-order valence-corrected chi connectivity index (χ0v) is 17.2. The van der Waals surface area contributed by atoms with E-state index in [0.29, 0.717) is 16.5 Å². The number of hydrogen-bond acceptors (Lipinski definition) is 5. The predicted octanol–water partition coefficient (Wildman–Crippen LogP) is 3.85. The highest BCUT2D eigenvalue weighted by molar-refractivity contribution is 6.32. The van der Waals surface area contributed by atoms with Gasteiger partial charge in [-0.2, -0.15) is 0 Å². The zero-order chi connectivity index (χ0) is 20.1. The molecule has 1 atom stereocenters. The van der Waals surface area contributed by atoms with E-state index in [4.69, 9.17) is 21.1 Å². The second-order valence-corrected chi connectivity index (χ2v) is 7.47. The molecule has 150 valence electrons. The molecule has 1 amide bonds. The molecule has 2 heterocycles. The molecule has 0 aliphatic carbocycles. The van der Waals surface area contributed by atoms with Crippen LogP contribution in [0.4, 0.5) is 5.69 Å². The van der Waals surface area contributed by atoms with Crippen LogP contribution in [0.3, 0.4) is 0 Å². The number of anilines is 1. The van der Waals surface area contributed by atoms with Crippen LogP contribution in [-0.4, -0.2) is 43.3 Å². The molecule has 1 aliphatic rings. The molecule has 1 aliphatic heterocycles. The van der Waals surface area contributed by atoms with E-state index >= 15 is 0 Å². The van der Waals surface area contributed by atoms with E-state index in [9.17, 15) is 4.79 Å². The molecule has 0 bridgehead atoms. The first-order valence-corrected chi connectivity index (χ1v) is 9.87. The fraction of sp³-hybridized carbons (Fsp3) is 0.429. The summed E-state index contributed by atoms with van der Waals surface area (Å²) in [6.45, 7) is 9.05. The molecule has 3 rings (SSSR count). The highest BCUT2D eigenvalue weighted by Crippen LogP contribution is 2.24. The Morgan fingerprint density at radius 2 is 1.89 bits per heavy atom. The van der Waals surface area contributed by atoms with Crippen LogP contribution < -0.4 is 15.0 Å². The summed E-state index contributed by atoms with van der Waals surface area (Å²) >= 11 is 6.18. The minimum Gasteiger partial charge on any atom is -0.474 e. The lowest BCUT2D eigenvalue weighted by Crippen LogP contribution is -2.36. The molecular formula is C21H26ClN3O3. The van der Waals surface area contributed by atoms with Gasteiger partial charge in [-0.25, -0.2) is 4.98 Å². The lowest BCUT2D eigenvalue weighted by molar-refractivity contribution is 0.0939. The number of hydrogen-bond donors (Lipinski definition) is 1. The van der Waals surface area contributed by atoms with E-state index in [1.165, 1.54) is 11.9 Å². The number of carbonyl (C=O) groups excluding carboxylic acids is 1. The number of aromatic nitrogens is 1. The molecule has 1 saturated heterocycles. The van der Waals surface area contributed by atoms with Gasteiger partial charge in [0.2, 0.25) is 5.88 Å². The molecule has 1 aromatic carbocycles. The largest absolute Gasteiger partial charge is 0.474 e. The Bertz CT molecular complexity index is 805. The van der Waals surface area contributed by atoms with Crippen molar-refractivity contribution in [1.29, 1.82) is 0 Å². The normalized spacial score (nSPS) is 15.4. The minimum absolute atomic E-state index is 0.0369. The Morgan fingerprint density at radius 3 is 2.50 bits per heavy atom. The van der Waals surface area contributed by atoms with Crippen LogP contribution in [0.2, 0.25) is 5.02 Å². The fourth-order valence-electron chi connectivity index (χ4n) is 3.02. The number of morpholine rings is 1. The fourth-order valence-corrected chi connectivity index (χ4v) is 3.23. The predicted molar refractivity (Wildman–Crippen MR) is 110 cm³/mol. The molecule has 1 N–H and O–H groups in total. The number of benzene rings is 1. The van der Waals surface area contributed by atoms with Gasteiger partial charge in [-0.1, -0.05) is 23.7 Å². The van der Waals surface area contributed by atoms with Gasteiger partial charge in [-0.3, -0.25) is 4.79 Å². The Kier molecular flexibility index (Phi) is 6.75. The van der Waals surface area contributed by atoms with Crippen LogP contribution in [-0.2, 0) is 4.74 Å². The average Bonchev–Trinajstić information content (AvgIpc) is 2.70. The maximum absolute atomic E-state index is 12.6. The number of nitrogens with zero attached hydrogens (tertiary/aromatic N) is 2. The maximum atomic E-state index is 12.6. The van der Waals surface area contributed by atoms with Gasteiger partial charge in [-0.05, 0) is 44.5 Å². The van der Waals surface area contributed by atoms with Gasteiger partial charge >= 0.3 is 0 Å². The second kappa shape index (κ2) is 9.26. The highest BCUT2D eigenvalue weighted by atomic mass is 35.5. The lowest BCUT2D eigenvalue weighted by Gasteiger charge is -2.29. The van der Waals surface area contributed by atoms with Crippen molar-refractivity contribution in [3.63, 3.8) is 0 Å². The summed E-state index contributed by atoms with van der Waals surface area (Å²) in [5, 5.41) is 3.31. The molecule has 1 aromatic heterocycles. The zero-order valence-electron chi connectivity index (χ0n) is 16.4. The lowest BCUT2D eigenvalue weighted by atomic mass is 10.1. The second-order valence-electron chi connectivity index (χ2n) is 7.06. The number of amides is 1. The summed E-state index contributed by atoms with van der Waals surface area (Å²) in [6.07, 6.45) is 1.44. The molecule has 6 nitrogen and oxygen atoms in total. The van der Waals surface area contributed by atoms with Gasteiger partial charge in [0.1, 0.15) is 5.02 Å². The molecule has 28 heavy (non-hydrogen) atoms. The summed E-state index contributed by atoms with van der Waals surface area (Å²) in [6, 6.07) is 9.69. The summed E-state index contributed by atoms with van der Waals surface area (Å²) < 4.78 is 10.9. The Balaban J connectivity index is 1.62. The van der Waals surface area contributed by atoms with Crippen molar-refractivity contribution in [3.05, 3.63) is 52.7 Å². The van der Waals surface area contributed by atoms with Crippen LogP contribution >= 0.6 is 11.6 Å².